The minimum Gasteiger partial charge on any atom is -0.497 e. The Hall–Kier alpha value is -3.29. The SMILES string of the molecule is CN=C(NCc1ccn(-c2ccc(OC)cc2)n1)NCc1ccnn1C. The van der Waals surface area contributed by atoms with Gasteiger partial charge in [0.2, 0.25) is 0 Å². The van der Waals surface area contributed by atoms with Crippen LogP contribution in [0.3, 0.4) is 0 Å². The van der Waals surface area contributed by atoms with Crippen molar-refractivity contribution in [3.63, 3.8) is 0 Å². The number of aliphatic imine (C=N–C) groups is 1. The number of hydrogen-bond acceptors (Lipinski definition) is 4. The first-order valence-corrected chi connectivity index (χ1v) is 8.30. The predicted molar refractivity (Wildman–Crippen MR) is 100 cm³/mol. The van der Waals surface area contributed by atoms with Crippen molar-refractivity contribution in [2.45, 2.75) is 13.1 Å². The number of methoxy groups -OCH3 is 1. The quantitative estimate of drug-likeness (QED) is 0.518. The monoisotopic (exact) mass is 353 g/mol. The van der Waals surface area contributed by atoms with Crippen molar-refractivity contribution in [1.82, 2.24) is 30.2 Å². The molecular weight excluding hydrogens is 330 g/mol. The predicted octanol–water partition coefficient (Wildman–Crippen LogP) is 1.48. The molecule has 2 heterocycles. The number of aromatic nitrogens is 4. The minimum absolute atomic E-state index is 0.578. The summed E-state index contributed by atoms with van der Waals surface area (Å²) in [6.45, 7) is 1.23. The summed E-state index contributed by atoms with van der Waals surface area (Å²) in [5, 5.41) is 15.3. The average Bonchev–Trinajstić information content (AvgIpc) is 3.31. The lowest BCUT2D eigenvalue weighted by atomic mass is 10.3. The Morgan fingerprint density at radius 3 is 2.54 bits per heavy atom. The number of nitrogens with one attached hydrogen (secondary N) is 2. The van der Waals surface area contributed by atoms with E-state index in [1.807, 2.05) is 59.0 Å². The van der Waals surface area contributed by atoms with Crippen LogP contribution in [0.1, 0.15) is 11.4 Å². The van der Waals surface area contributed by atoms with Gasteiger partial charge in [0.25, 0.3) is 0 Å². The smallest absolute Gasteiger partial charge is 0.191 e. The largest absolute Gasteiger partial charge is 0.497 e. The van der Waals surface area contributed by atoms with Crippen LogP contribution in [0.2, 0.25) is 0 Å². The highest BCUT2D eigenvalue weighted by Crippen LogP contribution is 2.14. The van der Waals surface area contributed by atoms with Gasteiger partial charge in [-0.05, 0) is 36.4 Å². The number of benzene rings is 1. The molecule has 0 atom stereocenters. The van der Waals surface area contributed by atoms with Gasteiger partial charge in [0.1, 0.15) is 5.75 Å². The first kappa shape index (κ1) is 17.5. The van der Waals surface area contributed by atoms with Gasteiger partial charge in [0.05, 0.1) is 37.3 Å². The van der Waals surface area contributed by atoms with Gasteiger partial charge < -0.3 is 15.4 Å². The van der Waals surface area contributed by atoms with Gasteiger partial charge in [-0.2, -0.15) is 10.2 Å². The van der Waals surface area contributed by atoms with Gasteiger partial charge in [-0.1, -0.05) is 0 Å². The molecule has 0 aliphatic carbocycles. The fourth-order valence-corrected chi connectivity index (χ4v) is 2.48. The maximum atomic E-state index is 5.18. The zero-order valence-electron chi connectivity index (χ0n) is 15.2. The van der Waals surface area contributed by atoms with Crippen LogP contribution < -0.4 is 15.4 Å². The Morgan fingerprint density at radius 2 is 1.88 bits per heavy atom. The van der Waals surface area contributed by atoms with E-state index in [0.717, 1.165) is 22.8 Å². The molecule has 2 N–H and O–H groups in total. The third-order valence-electron chi connectivity index (χ3n) is 4.00. The molecule has 0 amide bonds. The molecule has 0 radical (unpaired) electrons. The fourth-order valence-electron chi connectivity index (χ4n) is 2.48. The summed E-state index contributed by atoms with van der Waals surface area (Å²) < 4.78 is 8.85. The highest BCUT2D eigenvalue weighted by Gasteiger charge is 2.05. The van der Waals surface area contributed by atoms with Crippen LogP contribution in [-0.2, 0) is 20.1 Å². The minimum atomic E-state index is 0.578. The number of hydrogen-bond donors (Lipinski definition) is 2. The van der Waals surface area contributed by atoms with Crippen molar-refractivity contribution in [3.05, 3.63) is 60.2 Å². The lowest BCUT2D eigenvalue weighted by Crippen LogP contribution is -2.36. The second-order valence-electron chi connectivity index (χ2n) is 5.68. The molecule has 2 aromatic heterocycles. The third-order valence-corrected chi connectivity index (χ3v) is 4.00. The van der Waals surface area contributed by atoms with E-state index >= 15 is 0 Å². The van der Waals surface area contributed by atoms with Gasteiger partial charge >= 0.3 is 0 Å². The van der Waals surface area contributed by atoms with Crippen LogP contribution in [0, 0.1) is 0 Å². The number of rotatable bonds is 6. The van der Waals surface area contributed by atoms with Crippen molar-refractivity contribution >= 4 is 5.96 Å². The fraction of sp³-hybridized carbons (Fsp3) is 0.278. The van der Waals surface area contributed by atoms with E-state index in [1.54, 1.807) is 20.4 Å². The van der Waals surface area contributed by atoms with E-state index in [9.17, 15) is 0 Å². The molecule has 0 spiro atoms. The van der Waals surface area contributed by atoms with Crippen LogP contribution >= 0.6 is 0 Å². The molecule has 8 heteroatoms. The van der Waals surface area contributed by atoms with E-state index in [2.05, 4.69) is 25.8 Å². The summed E-state index contributed by atoms with van der Waals surface area (Å²) >= 11 is 0. The Kier molecular flexibility index (Phi) is 5.52. The summed E-state index contributed by atoms with van der Waals surface area (Å²) in [5.74, 6) is 1.54. The molecule has 0 aliphatic rings. The zero-order chi connectivity index (χ0) is 18.4. The molecule has 0 saturated carbocycles. The summed E-state index contributed by atoms with van der Waals surface area (Å²) in [4.78, 5) is 4.23. The summed E-state index contributed by atoms with van der Waals surface area (Å²) in [6, 6.07) is 11.7. The maximum Gasteiger partial charge on any atom is 0.191 e. The van der Waals surface area contributed by atoms with Gasteiger partial charge in [-0.3, -0.25) is 9.67 Å². The normalized spacial score (nSPS) is 11.4. The highest BCUT2D eigenvalue weighted by atomic mass is 16.5. The summed E-state index contributed by atoms with van der Waals surface area (Å²) in [5.41, 5.74) is 2.98. The van der Waals surface area contributed by atoms with Gasteiger partial charge in [0.15, 0.2) is 5.96 Å². The van der Waals surface area contributed by atoms with Crippen LogP contribution in [-0.4, -0.2) is 39.7 Å². The number of ether oxygens (including phenoxy) is 1. The molecule has 136 valence electrons. The molecule has 0 unspecified atom stereocenters. The molecule has 0 saturated heterocycles. The maximum absolute atomic E-state index is 5.18. The van der Waals surface area contributed by atoms with Crippen molar-refractivity contribution in [1.29, 1.82) is 0 Å². The molecular formula is C18H23N7O. The third kappa shape index (κ3) is 4.21. The van der Waals surface area contributed by atoms with E-state index in [4.69, 9.17) is 4.74 Å². The summed E-state index contributed by atoms with van der Waals surface area (Å²) in [6.07, 6.45) is 3.71. The molecule has 0 fully saturated rings. The van der Waals surface area contributed by atoms with Crippen molar-refractivity contribution < 1.29 is 4.74 Å². The molecule has 1 aromatic carbocycles. The molecule has 8 nitrogen and oxygen atoms in total. The van der Waals surface area contributed by atoms with Crippen LogP contribution in [0.25, 0.3) is 5.69 Å². The van der Waals surface area contributed by atoms with Crippen LogP contribution in [0.5, 0.6) is 5.75 Å². The standard InChI is InChI=1S/C18H23N7O/c1-19-18(21-13-16-8-10-22-24(16)2)20-12-14-9-11-25(23-14)15-4-6-17(26-3)7-5-15/h4-11H,12-13H2,1-3H3,(H2,19,20,21). The van der Waals surface area contributed by atoms with Crippen LogP contribution in [0.4, 0.5) is 0 Å². The first-order valence-electron chi connectivity index (χ1n) is 8.30. The second kappa shape index (κ2) is 8.19. The Balaban J connectivity index is 1.55. The topological polar surface area (TPSA) is 81.3 Å². The second-order valence-corrected chi connectivity index (χ2v) is 5.68. The Bertz CT molecular complexity index is 864. The summed E-state index contributed by atoms with van der Waals surface area (Å²) in [7, 11) is 5.31. The van der Waals surface area contributed by atoms with Crippen LogP contribution in [0.15, 0.2) is 53.8 Å². The van der Waals surface area contributed by atoms with Crippen molar-refractivity contribution in [3.8, 4) is 11.4 Å². The van der Waals surface area contributed by atoms with E-state index < -0.39 is 0 Å². The number of guanidine groups is 1. The molecule has 0 bridgehead atoms. The Morgan fingerprint density at radius 1 is 1.12 bits per heavy atom. The lowest BCUT2D eigenvalue weighted by molar-refractivity contribution is 0.414. The number of nitrogens with zero attached hydrogens (tertiary/aromatic N) is 5. The molecule has 3 rings (SSSR count). The number of aryl methyl sites for hydroxylation is 1. The average molecular weight is 353 g/mol. The highest BCUT2D eigenvalue weighted by molar-refractivity contribution is 5.79. The zero-order valence-corrected chi connectivity index (χ0v) is 15.2. The molecule has 26 heavy (non-hydrogen) atoms. The van der Waals surface area contributed by atoms with Gasteiger partial charge in [-0.25, -0.2) is 4.68 Å². The molecule has 3 aromatic rings. The van der Waals surface area contributed by atoms with E-state index in [1.165, 1.54) is 0 Å². The lowest BCUT2D eigenvalue weighted by Gasteiger charge is -2.11. The van der Waals surface area contributed by atoms with E-state index in [0.29, 0.717) is 19.0 Å². The van der Waals surface area contributed by atoms with Gasteiger partial charge in [0, 0.05) is 26.5 Å². The van der Waals surface area contributed by atoms with Crippen molar-refractivity contribution in [2.24, 2.45) is 12.0 Å². The molecule has 0 aliphatic heterocycles. The van der Waals surface area contributed by atoms with Crippen molar-refractivity contribution in [2.75, 3.05) is 14.2 Å². The Labute approximate surface area is 152 Å². The van der Waals surface area contributed by atoms with E-state index in [-0.39, 0.29) is 0 Å². The first-order chi connectivity index (χ1) is 12.7. The van der Waals surface area contributed by atoms with Gasteiger partial charge in [-0.15, -0.1) is 0 Å².